The Balaban J connectivity index is 2.96. The second-order valence-electron chi connectivity index (χ2n) is 1.49. The summed E-state index contributed by atoms with van der Waals surface area (Å²) in [5, 5.41) is 2.83. The van der Waals surface area contributed by atoms with E-state index < -0.39 is 0 Å². The Labute approximate surface area is 61.2 Å². The molecule has 1 nitrogen and oxygen atoms in total. The van der Waals surface area contributed by atoms with Gasteiger partial charge in [0.1, 0.15) is 6.11 Å². The molecule has 0 atom stereocenters. The number of rotatable bonds is 3. The van der Waals surface area contributed by atoms with E-state index in [-0.39, 0.29) is 0 Å². The predicted octanol–water partition coefficient (Wildman–Crippen LogP) is 2.08. The van der Waals surface area contributed by atoms with Crippen molar-refractivity contribution in [3.05, 3.63) is 0 Å². The SMILES string of the molecule is CCCSC#COCC. The summed E-state index contributed by atoms with van der Waals surface area (Å²) in [5.74, 6) is 1.10. The average molecular weight is 144 g/mol. The van der Waals surface area contributed by atoms with Crippen LogP contribution in [0.25, 0.3) is 0 Å². The Kier molecular flexibility index (Phi) is 7.46. The second kappa shape index (κ2) is 7.71. The van der Waals surface area contributed by atoms with Gasteiger partial charge in [-0.05, 0) is 13.3 Å². The predicted molar refractivity (Wildman–Crippen MR) is 42.2 cm³/mol. The second-order valence-corrected chi connectivity index (χ2v) is 2.39. The lowest BCUT2D eigenvalue weighted by atomic mass is 10.6. The van der Waals surface area contributed by atoms with Gasteiger partial charge in [0.15, 0.2) is 0 Å². The van der Waals surface area contributed by atoms with Gasteiger partial charge in [0.25, 0.3) is 0 Å². The molecule has 0 rings (SSSR count). The molecule has 0 aromatic carbocycles. The standard InChI is InChI=1S/C7H12OS/c1-3-6-9-7-5-8-4-2/h3-4,6H2,1-2H3. The van der Waals surface area contributed by atoms with Gasteiger partial charge in [-0.15, -0.1) is 0 Å². The minimum Gasteiger partial charge on any atom is -0.446 e. The van der Waals surface area contributed by atoms with Gasteiger partial charge in [-0.2, -0.15) is 0 Å². The molecular formula is C7H12OS. The average Bonchev–Trinajstić information content (AvgIpc) is 1.89. The lowest BCUT2D eigenvalue weighted by Crippen LogP contribution is -1.76. The van der Waals surface area contributed by atoms with Gasteiger partial charge in [0.2, 0.25) is 0 Å². The molecule has 52 valence electrons. The summed E-state index contributed by atoms with van der Waals surface area (Å²) in [6, 6.07) is 0. The Bertz CT molecular complexity index is 101. The van der Waals surface area contributed by atoms with Gasteiger partial charge >= 0.3 is 0 Å². The Morgan fingerprint density at radius 1 is 1.44 bits per heavy atom. The van der Waals surface area contributed by atoms with Crippen molar-refractivity contribution in [3.8, 4) is 11.4 Å². The van der Waals surface area contributed by atoms with E-state index in [0.29, 0.717) is 6.61 Å². The van der Waals surface area contributed by atoms with Crippen LogP contribution in [0.1, 0.15) is 20.3 Å². The molecular weight excluding hydrogens is 132 g/mol. The van der Waals surface area contributed by atoms with E-state index in [9.17, 15) is 0 Å². The number of ether oxygens (including phenoxy) is 1. The smallest absolute Gasteiger partial charge is 0.122 e. The first-order chi connectivity index (χ1) is 4.41. The fraction of sp³-hybridized carbons (Fsp3) is 0.714. The van der Waals surface area contributed by atoms with E-state index in [2.05, 4.69) is 18.3 Å². The van der Waals surface area contributed by atoms with Crippen molar-refractivity contribution in [1.29, 1.82) is 0 Å². The quantitative estimate of drug-likeness (QED) is 0.443. The molecule has 0 spiro atoms. The highest BCUT2D eigenvalue weighted by atomic mass is 32.2. The maximum Gasteiger partial charge on any atom is 0.122 e. The van der Waals surface area contributed by atoms with E-state index in [1.54, 1.807) is 11.8 Å². The maximum atomic E-state index is 4.80. The first-order valence-corrected chi connectivity index (χ1v) is 4.14. The molecule has 2 heteroatoms. The summed E-state index contributed by atoms with van der Waals surface area (Å²) in [6.07, 6.45) is 3.75. The lowest BCUT2D eigenvalue weighted by molar-refractivity contribution is 0.299. The van der Waals surface area contributed by atoms with Crippen molar-refractivity contribution in [2.75, 3.05) is 12.4 Å². The monoisotopic (exact) mass is 144 g/mol. The van der Waals surface area contributed by atoms with Crippen LogP contribution in [0.5, 0.6) is 0 Å². The Morgan fingerprint density at radius 2 is 2.22 bits per heavy atom. The minimum atomic E-state index is 0.680. The van der Waals surface area contributed by atoms with Gasteiger partial charge in [0.05, 0.1) is 6.61 Å². The van der Waals surface area contributed by atoms with E-state index in [1.807, 2.05) is 6.92 Å². The van der Waals surface area contributed by atoms with Crippen molar-refractivity contribution in [2.24, 2.45) is 0 Å². The Hall–Kier alpha value is -0.290. The van der Waals surface area contributed by atoms with Crippen LogP contribution in [0.3, 0.4) is 0 Å². The first kappa shape index (κ1) is 8.71. The molecule has 0 heterocycles. The fourth-order valence-corrected chi connectivity index (χ4v) is 0.708. The van der Waals surface area contributed by atoms with Crippen LogP contribution < -0.4 is 0 Å². The molecule has 0 N–H and O–H groups in total. The van der Waals surface area contributed by atoms with Crippen molar-refractivity contribution in [1.82, 2.24) is 0 Å². The summed E-state index contributed by atoms with van der Waals surface area (Å²) in [7, 11) is 0. The highest BCUT2D eigenvalue weighted by Gasteiger charge is 1.75. The maximum absolute atomic E-state index is 4.80. The molecule has 0 radical (unpaired) electrons. The molecule has 0 amide bonds. The summed E-state index contributed by atoms with van der Waals surface area (Å²) in [5.41, 5.74) is 0. The molecule has 0 aliphatic rings. The summed E-state index contributed by atoms with van der Waals surface area (Å²) >= 11 is 1.61. The van der Waals surface area contributed by atoms with Crippen LogP contribution in [0, 0.1) is 11.4 Å². The Morgan fingerprint density at radius 3 is 2.78 bits per heavy atom. The van der Waals surface area contributed by atoms with Gasteiger partial charge < -0.3 is 4.74 Å². The molecule has 0 fully saturated rings. The normalized spacial score (nSPS) is 7.78. The molecule has 0 aromatic rings. The largest absolute Gasteiger partial charge is 0.446 e. The molecule has 0 saturated heterocycles. The van der Waals surface area contributed by atoms with E-state index >= 15 is 0 Å². The molecule has 0 saturated carbocycles. The molecule has 0 bridgehead atoms. The zero-order chi connectivity index (χ0) is 6.95. The third-order valence-corrected chi connectivity index (χ3v) is 1.48. The molecule has 0 aliphatic heterocycles. The van der Waals surface area contributed by atoms with Gasteiger partial charge in [-0.3, -0.25) is 0 Å². The zero-order valence-electron chi connectivity index (χ0n) is 5.94. The van der Waals surface area contributed by atoms with Gasteiger partial charge in [0, 0.05) is 11.0 Å². The number of hydrogen-bond acceptors (Lipinski definition) is 2. The van der Waals surface area contributed by atoms with Gasteiger partial charge in [-0.1, -0.05) is 18.7 Å². The fourth-order valence-electron chi connectivity index (χ4n) is 0.284. The third kappa shape index (κ3) is 7.71. The van der Waals surface area contributed by atoms with Crippen molar-refractivity contribution >= 4 is 11.8 Å². The van der Waals surface area contributed by atoms with Crippen LogP contribution in [-0.4, -0.2) is 12.4 Å². The number of hydrogen-bond donors (Lipinski definition) is 0. The minimum absolute atomic E-state index is 0.680. The van der Waals surface area contributed by atoms with Crippen LogP contribution in [0.2, 0.25) is 0 Å². The van der Waals surface area contributed by atoms with E-state index in [1.165, 1.54) is 6.42 Å². The highest BCUT2D eigenvalue weighted by molar-refractivity contribution is 8.03. The molecule has 0 aliphatic carbocycles. The van der Waals surface area contributed by atoms with Crippen molar-refractivity contribution < 1.29 is 4.74 Å². The summed E-state index contributed by atoms with van der Waals surface area (Å²) < 4.78 is 4.80. The molecule has 0 unspecified atom stereocenters. The first-order valence-electron chi connectivity index (χ1n) is 3.15. The van der Waals surface area contributed by atoms with Crippen molar-refractivity contribution in [2.45, 2.75) is 20.3 Å². The van der Waals surface area contributed by atoms with Crippen LogP contribution in [0.4, 0.5) is 0 Å². The lowest BCUT2D eigenvalue weighted by Gasteiger charge is -1.85. The van der Waals surface area contributed by atoms with E-state index in [0.717, 1.165) is 5.75 Å². The molecule has 0 aromatic heterocycles. The van der Waals surface area contributed by atoms with Gasteiger partial charge in [-0.25, -0.2) is 0 Å². The topological polar surface area (TPSA) is 9.23 Å². The summed E-state index contributed by atoms with van der Waals surface area (Å²) in [4.78, 5) is 0. The zero-order valence-corrected chi connectivity index (χ0v) is 6.75. The summed E-state index contributed by atoms with van der Waals surface area (Å²) in [6.45, 7) is 4.74. The number of thioether (sulfide) groups is 1. The van der Waals surface area contributed by atoms with Crippen LogP contribution in [0.15, 0.2) is 0 Å². The van der Waals surface area contributed by atoms with E-state index in [4.69, 9.17) is 4.74 Å². The van der Waals surface area contributed by atoms with Crippen LogP contribution in [-0.2, 0) is 4.74 Å². The third-order valence-electron chi connectivity index (χ3n) is 0.637. The van der Waals surface area contributed by atoms with Crippen LogP contribution >= 0.6 is 11.8 Å². The molecule has 9 heavy (non-hydrogen) atoms. The highest BCUT2D eigenvalue weighted by Crippen LogP contribution is 1.97. The van der Waals surface area contributed by atoms with Crippen molar-refractivity contribution in [3.63, 3.8) is 0 Å².